The van der Waals surface area contributed by atoms with Crippen molar-refractivity contribution < 1.29 is 14.3 Å². The van der Waals surface area contributed by atoms with E-state index in [4.69, 9.17) is 4.74 Å². The van der Waals surface area contributed by atoms with Crippen LogP contribution >= 0.6 is 0 Å². The lowest BCUT2D eigenvalue weighted by molar-refractivity contribution is -0.112. The van der Waals surface area contributed by atoms with Gasteiger partial charge in [0.1, 0.15) is 0 Å². The Morgan fingerprint density at radius 1 is 1.29 bits per heavy atom. The maximum Gasteiger partial charge on any atom is 0.251 e. The molecule has 90 valence electrons. The third kappa shape index (κ3) is 4.10. The molecule has 0 fully saturated rings. The predicted molar refractivity (Wildman–Crippen MR) is 65.8 cm³/mol. The number of ketones is 1. The largest absolute Gasteiger partial charge is 0.501 e. The Bertz CT molecular complexity index is 463. The minimum absolute atomic E-state index is 0.0373. The summed E-state index contributed by atoms with van der Waals surface area (Å²) >= 11 is 0. The molecule has 0 saturated carbocycles. The van der Waals surface area contributed by atoms with Crippen LogP contribution in [0.3, 0.4) is 0 Å². The van der Waals surface area contributed by atoms with Crippen LogP contribution in [0.25, 0.3) is 0 Å². The summed E-state index contributed by atoms with van der Waals surface area (Å²) in [6, 6.07) is 6.78. The van der Waals surface area contributed by atoms with Crippen molar-refractivity contribution in [3.63, 3.8) is 0 Å². The number of carbonyl (C=O) groups excluding carboxylic acids is 2. The van der Waals surface area contributed by atoms with E-state index in [2.05, 4.69) is 5.32 Å². The highest BCUT2D eigenvalue weighted by Gasteiger charge is 2.03. The third-order valence-electron chi connectivity index (χ3n) is 2.19. The molecule has 1 N–H and O–H groups in total. The van der Waals surface area contributed by atoms with Gasteiger partial charge < -0.3 is 10.1 Å². The number of amides is 1. The van der Waals surface area contributed by atoms with Crippen molar-refractivity contribution >= 4 is 17.4 Å². The third-order valence-corrected chi connectivity index (χ3v) is 2.19. The van der Waals surface area contributed by atoms with Gasteiger partial charge in [0.15, 0.2) is 5.78 Å². The number of benzene rings is 1. The van der Waals surface area contributed by atoms with Crippen LogP contribution in [-0.4, -0.2) is 18.8 Å². The summed E-state index contributed by atoms with van der Waals surface area (Å²) < 4.78 is 4.87. The van der Waals surface area contributed by atoms with E-state index in [-0.39, 0.29) is 11.7 Å². The lowest BCUT2D eigenvalue weighted by Gasteiger charge is -2.04. The minimum Gasteiger partial charge on any atom is -0.501 e. The van der Waals surface area contributed by atoms with E-state index < -0.39 is 0 Å². The molecule has 0 atom stereocenters. The summed E-state index contributed by atoms with van der Waals surface area (Å²) in [5, 5.41) is 2.65. The standard InChI is InChI=1S/C13H15NO3/c1-9(17-3)7-13(16)14-12-6-4-5-11(8-12)10(2)15/h4-8H,1-3H3,(H,14,16)/b9-7+. The van der Waals surface area contributed by atoms with E-state index >= 15 is 0 Å². The number of allylic oxidation sites excluding steroid dienone is 1. The van der Waals surface area contributed by atoms with Crippen LogP contribution in [0, 0.1) is 0 Å². The topological polar surface area (TPSA) is 55.4 Å². The van der Waals surface area contributed by atoms with E-state index in [1.54, 1.807) is 31.2 Å². The zero-order valence-corrected chi connectivity index (χ0v) is 10.1. The smallest absolute Gasteiger partial charge is 0.251 e. The number of hydrogen-bond acceptors (Lipinski definition) is 3. The zero-order chi connectivity index (χ0) is 12.8. The highest BCUT2D eigenvalue weighted by atomic mass is 16.5. The Labute approximate surface area is 100 Å². The van der Waals surface area contributed by atoms with E-state index in [9.17, 15) is 9.59 Å². The van der Waals surface area contributed by atoms with Gasteiger partial charge in [-0.15, -0.1) is 0 Å². The maximum atomic E-state index is 11.5. The Morgan fingerprint density at radius 3 is 2.59 bits per heavy atom. The van der Waals surface area contributed by atoms with Gasteiger partial charge in [-0.25, -0.2) is 0 Å². The fraction of sp³-hybridized carbons (Fsp3) is 0.231. The van der Waals surface area contributed by atoms with E-state index in [0.717, 1.165) is 0 Å². The molecule has 1 aromatic carbocycles. The quantitative estimate of drug-likeness (QED) is 0.493. The molecule has 0 unspecified atom stereocenters. The first-order chi connectivity index (χ1) is 8.02. The Kier molecular flexibility index (Phi) is 4.46. The monoisotopic (exact) mass is 233 g/mol. The van der Waals surface area contributed by atoms with E-state index in [1.165, 1.54) is 20.1 Å². The highest BCUT2D eigenvalue weighted by molar-refractivity contribution is 6.01. The first kappa shape index (κ1) is 13.0. The molecule has 0 bridgehead atoms. The number of hydrogen-bond donors (Lipinski definition) is 1. The molecule has 0 radical (unpaired) electrons. The van der Waals surface area contributed by atoms with Crippen LogP contribution in [0.1, 0.15) is 24.2 Å². The van der Waals surface area contributed by atoms with Gasteiger partial charge in [-0.3, -0.25) is 9.59 Å². The molecule has 0 aliphatic rings. The average Bonchev–Trinajstić information content (AvgIpc) is 2.28. The summed E-state index contributed by atoms with van der Waals surface area (Å²) in [7, 11) is 1.50. The number of carbonyl (C=O) groups is 2. The highest BCUT2D eigenvalue weighted by Crippen LogP contribution is 2.11. The van der Waals surface area contributed by atoms with Crippen molar-refractivity contribution in [1.29, 1.82) is 0 Å². The van der Waals surface area contributed by atoms with Crippen molar-refractivity contribution in [2.75, 3.05) is 12.4 Å². The fourth-order valence-corrected chi connectivity index (χ4v) is 1.24. The number of ether oxygens (including phenoxy) is 1. The summed E-state index contributed by atoms with van der Waals surface area (Å²) in [6.45, 7) is 3.17. The van der Waals surface area contributed by atoms with Crippen molar-refractivity contribution in [3.8, 4) is 0 Å². The molecular weight excluding hydrogens is 218 g/mol. The molecular formula is C13H15NO3. The van der Waals surface area contributed by atoms with Crippen molar-refractivity contribution in [2.24, 2.45) is 0 Å². The second kappa shape index (κ2) is 5.84. The molecule has 4 nitrogen and oxygen atoms in total. The summed E-state index contributed by atoms with van der Waals surface area (Å²) in [5.74, 6) is 0.194. The van der Waals surface area contributed by atoms with Gasteiger partial charge >= 0.3 is 0 Å². The van der Waals surface area contributed by atoms with Gasteiger partial charge in [0, 0.05) is 17.3 Å². The first-order valence-electron chi connectivity index (χ1n) is 5.17. The van der Waals surface area contributed by atoms with Crippen LogP contribution < -0.4 is 5.32 Å². The van der Waals surface area contributed by atoms with Crippen LogP contribution in [0.2, 0.25) is 0 Å². The molecule has 0 aromatic heterocycles. The van der Waals surface area contributed by atoms with Crippen LogP contribution in [-0.2, 0) is 9.53 Å². The Hall–Kier alpha value is -2.10. The van der Waals surface area contributed by atoms with Crippen LogP contribution in [0.4, 0.5) is 5.69 Å². The fourth-order valence-electron chi connectivity index (χ4n) is 1.24. The van der Waals surface area contributed by atoms with Gasteiger partial charge in [0.2, 0.25) is 0 Å². The molecule has 1 aromatic rings. The maximum absolute atomic E-state index is 11.5. The molecule has 0 heterocycles. The van der Waals surface area contributed by atoms with Gasteiger partial charge in [-0.05, 0) is 26.0 Å². The van der Waals surface area contributed by atoms with Gasteiger partial charge in [-0.2, -0.15) is 0 Å². The van der Waals surface area contributed by atoms with Gasteiger partial charge in [-0.1, -0.05) is 12.1 Å². The predicted octanol–water partition coefficient (Wildman–Crippen LogP) is 2.38. The lowest BCUT2D eigenvalue weighted by atomic mass is 10.1. The summed E-state index contributed by atoms with van der Waals surface area (Å²) in [5.41, 5.74) is 1.15. The average molecular weight is 233 g/mol. The molecule has 0 aliphatic heterocycles. The van der Waals surface area contributed by atoms with Crippen molar-refractivity contribution in [2.45, 2.75) is 13.8 Å². The number of nitrogens with one attached hydrogen (secondary N) is 1. The van der Waals surface area contributed by atoms with Gasteiger partial charge in [0.05, 0.1) is 12.9 Å². The number of anilines is 1. The van der Waals surface area contributed by atoms with E-state index in [1.807, 2.05) is 0 Å². The molecule has 0 spiro atoms. The second-order valence-electron chi connectivity index (χ2n) is 3.59. The van der Waals surface area contributed by atoms with Crippen LogP contribution in [0.15, 0.2) is 36.1 Å². The number of methoxy groups -OCH3 is 1. The van der Waals surface area contributed by atoms with Gasteiger partial charge in [0.25, 0.3) is 5.91 Å². The molecule has 1 amide bonds. The number of rotatable bonds is 4. The van der Waals surface area contributed by atoms with Crippen molar-refractivity contribution in [3.05, 3.63) is 41.7 Å². The minimum atomic E-state index is -0.287. The lowest BCUT2D eigenvalue weighted by Crippen LogP contribution is -2.09. The first-order valence-corrected chi connectivity index (χ1v) is 5.17. The molecule has 0 saturated heterocycles. The van der Waals surface area contributed by atoms with Crippen molar-refractivity contribution in [1.82, 2.24) is 0 Å². The summed E-state index contributed by atoms with van der Waals surface area (Å²) in [6.07, 6.45) is 1.35. The SMILES string of the molecule is CO/C(C)=C/C(=O)Nc1cccc(C(C)=O)c1. The molecule has 0 aliphatic carbocycles. The second-order valence-corrected chi connectivity index (χ2v) is 3.59. The molecule has 1 rings (SSSR count). The summed E-state index contributed by atoms with van der Waals surface area (Å²) in [4.78, 5) is 22.7. The van der Waals surface area contributed by atoms with E-state index in [0.29, 0.717) is 17.0 Å². The Balaban J connectivity index is 2.79. The number of Topliss-reactive ketones (excluding diaryl/α,β-unsaturated/α-hetero) is 1. The Morgan fingerprint density at radius 2 is 2.00 bits per heavy atom. The van der Waals surface area contributed by atoms with Crippen LogP contribution in [0.5, 0.6) is 0 Å². The molecule has 17 heavy (non-hydrogen) atoms. The normalized spacial score (nSPS) is 10.9. The zero-order valence-electron chi connectivity index (χ0n) is 10.1. The molecule has 4 heteroatoms.